The molecule has 3 heteroatoms. The summed E-state index contributed by atoms with van der Waals surface area (Å²) in [6.07, 6.45) is 2.27. The van der Waals surface area contributed by atoms with Crippen LogP contribution in [0.25, 0.3) is 0 Å². The number of benzene rings is 1. The maximum Gasteiger partial charge on any atom is 0.118 e. The number of halogens is 1. The molecule has 1 aromatic rings. The van der Waals surface area contributed by atoms with Crippen molar-refractivity contribution in [1.29, 1.82) is 0 Å². The lowest BCUT2D eigenvalue weighted by molar-refractivity contribution is 0.0412. The van der Waals surface area contributed by atoms with Gasteiger partial charge in [0.2, 0.25) is 0 Å². The normalized spacial score (nSPS) is 11.6. The monoisotopic (exact) mass is 314 g/mol. The molecule has 2 nitrogen and oxygen atoms in total. The molecule has 0 fully saturated rings. The fourth-order valence-electron chi connectivity index (χ4n) is 1.79. The molecule has 1 aromatic carbocycles. The molecular weight excluding hydrogens is 292 g/mol. The van der Waals surface area contributed by atoms with Gasteiger partial charge in [-0.1, -0.05) is 41.9 Å². The lowest BCUT2D eigenvalue weighted by Gasteiger charge is -2.29. The molecule has 0 atom stereocenters. The van der Waals surface area contributed by atoms with Gasteiger partial charge in [-0.3, -0.25) is 0 Å². The van der Waals surface area contributed by atoms with E-state index in [1.807, 2.05) is 24.3 Å². The number of ether oxygens (including phenoxy) is 2. The van der Waals surface area contributed by atoms with Crippen LogP contribution in [-0.2, 0) is 11.3 Å². The zero-order chi connectivity index (χ0) is 13.4. The first-order valence-corrected chi connectivity index (χ1v) is 7.58. The average molecular weight is 315 g/mol. The van der Waals surface area contributed by atoms with Gasteiger partial charge in [-0.05, 0) is 30.5 Å². The first kappa shape index (κ1) is 15.5. The Hall–Kier alpha value is -0.540. The van der Waals surface area contributed by atoms with E-state index in [9.17, 15) is 0 Å². The van der Waals surface area contributed by atoms with Gasteiger partial charge in [0.05, 0.1) is 20.3 Å². The quantitative estimate of drug-likeness (QED) is 0.661. The van der Waals surface area contributed by atoms with E-state index in [-0.39, 0.29) is 5.41 Å². The average Bonchev–Trinajstić information content (AvgIpc) is 2.45. The summed E-state index contributed by atoms with van der Waals surface area (Å²) in [5.41, 5.74) is 1.46. The van der Waals surface area contributed by atoms with Crippen molar-refractivity contribution >= 4 is 15.9 Å². The van der Waals surface area contributed by atoms with Crippen molar-refractivity contribution in [3.8, 4) is 5.75 Å². The van der Waals surface area contributed by atoms with Crippen LogP contribution in [0, 0.1) is 5.41 Å². The van der Waals surface area contributed by atoms with E-state index < -0.39 is 0 Å². The Morgan fingerprint density at radius 3 is 2.17 bits per heavy atom. The Morgan fingerprint density at radius 1 is 1.11 bits per heavy atom. The molecule has 0 saturated heterocycles. The van der Waals surface area contributed by atoms with Crippen molar-refractivity contribution in [2.45, 2.75) is 33.3 Å². The van der Waals surface area contributed by atoms with Crippen molar-refractivity contribution < 1.29 is 9.47 Å². The number of hydrogen-bond donors (Lipinski definition) is 0. The molecule has 0 amide bonds. The van der Waals surface area contributed by atoms with E-state index in [0.717, 1.165) is 30.5 Å². The molecular formula is C15H23BrO2. The summed E-state index contributed by atoms with van der Waals surface area (Å²) in [6.45, 7) is 5.92. The second-order valence-electron chi connectivity index (χ2n) is 4.68. The zero-order valence-electron chi connectivity index (χ0n) is 11.5. The minimum atomic E-state index is 0.270. The van der Waals surface area contributed by atoms with Crippen LogP contribution in [0.15, 0.2) is 24.3 Å². The summed E-state index contributed by atoms with van der Waals surface area (Å²) in [5, 5.41) is 0.996. The molecule has 0 unspecified atom stereocenters. The second kappa shape index (κ2) is 7.80. The molecule has 0 aliphatic carbocycles. The minimum Gasteiger partial charge on any atom is -0.497 e. The summed E-state index contributed by atoms with van der Waals surface area (Å²) in [5.74, 6) is 0.885. The van der Waals surface area contributed by atoms with Gasteiger partial charge in [0.25, 0.3) is 0 Å². The lowest BCUT2D eigenvalue weighted by Crippen LogP contribution is -2.27. The molecule has 0 heterocycles. The highest BCUT2D eigenvalue weighted by molar-refractivity contribution is 9.09. The van der Waals surface area contributed by atoms with Gasteiger partial charge < -0.3 is 9.47 Å². The Balaban J connectivity index is 2.44. The first-order chi connectivity index (χ1) is 8.69. The van der Waals surface area contributed by atoms with Gasteiger partial charge in [0, 0.05) is 10.7 Å². The summed E-state index contributed by atoms with van der Waals surface area (Å²) in [6, 6.07) is 8.03. The standard InChI is InChI=1S/C15H23BrO2/c1-4-15(5-2,11-16)12-18-10-13-6-8-14(17-3)9-7-13/h6-9H,4-5,10-12H2,1-3H3. The SMILES string of the molecule is CCC(CC)(CBr)COCc1ccc(OC)cc1. The van der Waals surface area contributed by atoms with Crippen LogP contribution >= 0.6 is 15.9 Å². The molecule has 0 bridgehead atoms. The van der Waals surface area contributed by atoms with E-state index >= 15 is 0 Å². The zero-order valence-corrected chi connectivity index (χ0v) is 13.1. The molecule has 0 aliphatic rings. The third-order valence-corrected chi connectivity index (χ3v) is 4.81. The topological polar surface area (TPSA) is 18.5 Å². The van der Waals surface area contributed by atoms with E-state index in [4.69, 9.17) is 9.47 Å². The first-order valence-electron chi connectivity index (χ1n) is 6.46. The molecule has 0 aliphatic heterocycles. The number of rotatable bonds is 8. The number of methoxy groups -OCH3 is 1. The molecule has 0 saturated carbocycles. The van der Waals surface area contributed by atoms with Crippen LogP contribution in [0.5, 0.6) is 5.75 Å². The maximum atomic E-state index is 5.86. The highest BCUT2D eigenvalue weighted by Crippen LogP contribution is 2.29. The summed E-state index contributed by atoms with van der Waals surface area (Å²) in [7, 11) is 1.68. The second-order valence-corrected chi connectivity index (χ2v) is 5.24. The fraction of sp³-hybridized carbons (Fsp3) is 0.600. The highest BCUT2D eigenvalue weighted by Gasteiger charge is 2.24. The molecule has 0 radical (unpaired) electrons. The van der Waals surface area contributed by atoms with Gasteiger partial charge in [-0.15, -0.1) is 0 Å². The van der Waals surface area contributed by atoms with Crippen LogP contribution in [0.2, 0.25) is 0 Å². The molecule has 0 aromatic heterocycles. The van der Waals surface area contributed by atoms with Crippen LogP contribution in [-0.4, -0.2) is 19.0 Å². The van der Waals surface area contributed by atoms with Crippen LogP contribution in [0.1, 0.15) is 32.3 Å². The summed E-state index contributed by atoms with van der Waals surface area (Å²) in [4.78, 5) is 0. The van der Waals surface area contributed by atoms with Gasteiger partial charge >= 0.3 is 0 Å². The summed E-state index contributed by atoms with van der Waals surface area (Å²) < 4.78 is 11.0. The molecule has 1 rings (SSSR count). The van der Waals surface area contributed by atoms with Gasteiger partial charge in [-0.25, -0.2) is 0 Å². The number of alkyl halides is 1. The van der Waals surface area contributed by atoms with E-state index in [1.165, 1.54) is 5.56 Å². The van der Waals surface area contributed by atoms with Gasteiger partial charge in [0.15, 0.2) is 0 Å². The Labute approximate surface area is 119 Å². The molecule has 0 spiro atoms. The third-order valence-electron chi connectivity index (χ3n) is 3.62. The highest BCUT2D eigenvalue weighted by atomic mass is 79.9. The van der Waals surface area contributed by atoms with Gasteiger partial charge in [-0.2, -0.15) is 0 Å². The third kappa shape index (κ3) is 4.29. The Morgan fingerprint density at radius 2 is 1.72 bits per heavy atom. The minimum absolute atomic E-state index is 0.270. The van der Waals surface area contributed by atoms with E-state index in [2.05, 4.69) is 29.8 Å². The lowest BCUT2D eigenvalue weighted by atomic mass is 9.86. The largest absolute Gasteiger partial charge is 0.497 e. The van der Waals surface area contributed by atoms with Crippen LogP contribution < -0.4 is 4.74 Å². The molecule has 0 N–H and O–H groups in total. The van der Waals surface area contributed by atoms with E-state index in [0.29, 0.717) is 6.61 Å². The fourth-order valence-corrected chi connectivity index (χ4v) is 2.74. The maximum absolute atomic E-state index is 5.86. The molecule has 18 heavy (non-hydrogen) atoms. The van der Waals surface area contributed by atoms with Crippen molar-refractivity contribution in [1.82, 2.24) is 0 Å². The number of hydrogen-bond acceptors (Lipinski definition) is 2. The summed E-state index contributed by atoms with van der Waals surface area (Å²) >= 11 is 3.60. The van der Waals surface area contributed by atoms with Crippen molar-refractivity contribution in [3.63, 3.8) is 0 Å². The van der Waals surface area contributed by atoms with E-state index in [1.54, 1.807) is 7.11 Å². The van der Waals surface area contributed by atoms with Gasteiger partial charge in [0.1, 0.15) is 5.75 Å². The van der Waals surface area contributed by atoms with Crippen LogP contribution in [0.3, 0.4) is 0 Å². The Kier molecular flexibility index (Phi) is 6.72. The predicted molar refractivity (Wildman–Crippen MR) is 79.5 cm³/mol. The van der Waals surface area contributed by atoms with Crippen molar-refractivity contribution in [2.24, 2.45) is 5.41 Å². The Bertz CT molecular complexity index is 323. The predicted octanol–water partition coefficient (Wildman–Crippen LogP) is 4.41. The van der Waals surface area contributed by atoms with Crippen molar-refractivity contribution in [3.05, 3.63) is 29.8 Å². The smallest absolute Gasteiger partial charge is 0.118 e. The molecule has 102 valence electrons. The van der Waals surface area contributed by atoms with Crippen LogP contribution in [0.4, 0.5) is 0 Å². The van der Waals surface area contributed by atoms with Crippen molar-refractivity contribution in [2.75, 3.05) is 19.0 Å².